The van der Waals surface area contributed by atoms with Crippen LogP contribution in [0.5, 0.6) is 11.5 Å². The van der Waals surface area contributed by atoms with Crippen molar-refractivity contribution < 1.29 is 27.5 Å². The van der Waals surface area contributed by atoms with Gasteiger partial charge >= 0.3 is 0 Å². The molecule has 9 nitrogen and oxygen atoms in total. The summed E-state index contributed by atoms with van der Waals surface area (Å²) in [5, 5.41) is 2.65. The smallest absolute Gasteiger partial charge is 0.244 e. The Hall–Kier alpha value is -4.05. The van der Waals surface area contributed by atoms with Crippen molar-refractivity contribution in [2.45, 2.75) is 19.0 Å². The average Bonchev–Trinajstić information content (AvgIpc) is 2.93. The number of sulfonamides is 1. The topological polar surface area (TPSA) is 105 Å². The summed E-state index contributed by atoms with van der Waals surface area (Å²) in [6, 6.07) is 22.0. The highest BCUT2D eigenvalue weighted by Gasteiger charge is 2.32. The van der Waals surface area contributed by atoms with Gasteiger partial charge in [0, 0.05) is 20.0 Å². The monoisotopic (exact) mass is 539 g/mol. The van der Waals surface area contributed by atoms with E-state index in [2.05, 4.69) is 5.32 Å². The molecule has 1 N–H and O–H groups in total. The van der Waals surface area contributed by atoms with E-state index in [9.17, 15) is 18.0 Å². The van der Waals surface area contributed by atoms with Crippen molar-refractivity contribution in [2.75, 3.05) is 38.4 Å². The summed E-state index contributed by atoms with van der Waals surface area (Å²) in [6.45, 7) is -0.418. The van der Waals surface area contributed by atoms with Gasteiger partial charge in [-0.25, -0.2) is 8.42 Å². The first-order valence-electron chi connectivity index (χ1n) is 12.0. The lowest BCUT2D eigenvalue weighted by Crippen LogP contribution is -2.52. The molecule has 3 rings (SSSR count). The predicted octanol–water partition coefficient (Wildman–Crippen LogP) is 2.86. The summed E-state index contributed by atoms with van der Waals surface area (Å²) in [4.78, 5) is 28.4. The number of nitrogens with zero attached hydrogens (tertiary/aromatic N) is 2. The Labute approximate surface area is 224 Å². The number of likely N-dealkylation sites (N-methyl/N-ethyl adjacent to an activating group) is 1. The number of hydrogen-bond acceptors (Lipinski definition) is 6. The van der Waals surface area contributed by atoms with Crippen LogP contribution >= 0.6 is 0 Å². The van der Waals surface area contributed by atoms with Gasteiger partial charge in [-0.2, -0.15) is 0 Å². The molecule has 202 valence electrons. The molecule has 2 amide bonds. The Morgan fingerprint density at radius 3 is 2.08 bits per heavy atom. The Morgan fingerprint density at radius 1 is 0.868 bits per heavy atom. The number of benzene rings is 3. The number of carbonyl (C=O) groups is 2. The normalized spacial score (nSPS) is 11.8. The van der Waals surface area contributed by atoms with Gasteiger partial charge in [-0.1, -0.05) is 42.5 Å². The van der Waals surface area contributed by atoms with Crippen LogP contribution in [-0.4, -0.2) is 65.2 Å². The maximum Gasteiger partial charge on any atom is 0.244 e. The fourth-order valence-corrected chi connectivity index (χ4v) is 4.90. The number of amides is 2. The summed E-state index contributed by atoms with van der Waals surface area (Å²) in [5.74, 6) is 0.264. The van der Waals surface area contributed by atoms with E-state index < -0.39 is 28.5 Å². The minimum Gasteiger partial charge on any atom is -0.497 e. The highest BCUT2D eigenvalue weighted by atomic mass is 32.2. The molecule has 0 bridgehead atoms. The summed E-state index contributed by atoms with van der Waals surface area (Å²) in [7, 11) is 0.727. The molecule has 0 aliphatic rings. The van der Waals surface area contributed by atoms with Gasteiger partial charge in [-0.05, 0) is 47.5 Å². The third-order valence-corrected chi connectivity index (χ3v) is 7.18. The van der Waals surface area contributed by atoms with Crippen molar-refractivity contribution in [1.29, 1.82) is 0 Å². The molecule has 0 aromatic heterocycles. The molecule has 0 fully saturated rings. The van der Waals surface area contributed by atoms with Gasteiger partial charge in [-0.15, -0.1) is 0 Å². The SMILES string of the molecule is CNC(=O)C(Cc1ccccc1)N(Cc1cccc(OC)c1)C(=O)CN(c1ccc(OC)cc1)S(C)(=O)=O. The predicted molar refractivity (Wildman–Crippen MR) is 147 cm³/mol. The van der Waals surface area contributed by atoms with Crippen molar-refractivity contribution in [1.82, 2.24) is 10.2 Å². The quantitative estimate of drug-likeness (QED) is 0.380. The van der Waals surface area contributed by atoms with Crippen molar-refractivity contribution in [3.05, 3.63) is 90.0 Å². The molecule has 0 aliphatic heterocycles. The Balaban J connectivity index is 2.02. The van der Waals surface area contributed by atoms with Gasteiger partial charge in [0.2, 0.25) is 21.8 Å². The molecule has 10 heteroatoms. The number of hydrogen-bond donors (Lipinski definition) is 1. The van der Waals surface area contributed by atoms with Crippen molar-refractivity contribution in [3.8, 4) is 11.5 Å². The maximum absolute atomic E-state index is 13.9. The van der Waals surface area contributed by atoms with Crippen LogP contribution in [0.2, 0.25) is 0 Å². The molecule has 0 saturated heterocycles. The lowest BCUT2D eigenvalue weighted by molar-refractivity contribution is -0.139. The van der Waals surface area contributed by atoms with E-state index in [-0.39, 0.29) is 18.9 Å². The molecule has 1 atom stereocenters. The number of carbonyl (C=O) groups excluding carboxylic acids is 2. The third-order valence-electron chi connectivity index (χ3n) is 6.04. The first-order valence-corrected chi connectivity index (χ1v) is 13.8. The Bertz CT molecular complexity index is 1330. The first-order chi connectivity index (χ1) is 18.2. The van der Waals surface area contributed by atoms with Gasteiger partial charge in [0.05, 0.1) is 26.2 Å². The van der Waals surface area contributed by atoms with Gasteiger partial charge in [-0.3, -0.25) is 13.9 Å². The zero-order chi connectivity index (χ0) is 27.7. The second kappa shape index (κ2) is 13.0. The van der Waals surface area contributed by atoms with E-state index >= 15 is 0 Å². The van der Waals surface area contributed by atoms with Crippen LogP contribution in [0.1, 0.15) is 11.1 Å². The molecular formula is C28H33N3O6S. The number of nitrogens with one attached hydrogen (secondary N) is 1. The zero-order valence-corrected chi connectivity index (χ0v) is 22.8. The molecule has 0 aliphatic carbocycles. The number of ether oxygens (including phenoxy) is 2. The molecule has 1 unspecified atom stereocenters. The van der Waals surface area contributed by atoms with Crippen LogP contribution in [0.15, 0.2) is 78.9 Å². The van der Waals surface area contributed by atoms with Crippen LogP contribution in [0.3, 0.4) is 0 Å². The standard InChI is InChI=1S/C28H33N3O6S/c1-29-28(33)26(18-21-9-6-5-7-10-21)30(19-22-11-8-12-25(17-22)37-3)27(32)20-31(38(4,34)35)23-13-15-24(36-2)16-14-23/h5-17,26H,18-20H2,1-4H3,(H,29,33). The largest absolute Gasteiger partial charge is 0.497 e. The number of anilines is 1. The maximum atomic E-state index is 13.9. The van der Waals surface area contributed by atoms with Gasteiger partial charge in [0.15, 0.2) is 0 Å². The summed E-state index contributed by atoms with van der Waals surface area (Å²) in [5.41, 5.74) is 1.90. The molecule has 0 spiro atoms. The van der Waals surface area contributed by atoms with E-state index in [1.807, 2.05) is 36.4 Å². The molecular weight excluding hydrogens is 506 g/mol. The van der Waals surface area contributed by atoms with Crippen LogP contribution in [-0.2, 0) is 32.6 Å². The van der Waals surface area contributed by atoms with Crippen LogP contribution < -0.4 is 19.1 Å². The molecule has 3 aromatic rings. The fraction of sp³-hybridized carbons (Fsp3) is 0.286. The molecule has 38 heavy (non-hydrogen) atoms. The summed E-state index contributed by atoms with van der Waals surface area (Å²) < 4.78 is 37.1. The summed E-state index contributed by atoms with van der Waals surface area (Å²) >= 11 is 0. The first kappa shape index (κ1) is 28.5. The second-order valence-corrected chi connectivity index (χ2v) is 10.6. The van der Waals surface area contributed by atoms with E-state index in [0.717, 1.165) is 21.7 Å². The average molecular weight is 540 g/mol. The van der Waals surface area contributed by atoms with E-state index in [0.29, 0.717) is 17.2 Å². The van der Waals surface area contributed by atoms with E-state index in [1.165, 1.54) is 19.1 Å². The lowest BCUT2D eigenvalue weighted by Gasteiger charge is -2.33. The molecule has 0 saturated carbocycles. The minimum atomic E-state index is -3.84. The summed E-state index contributed by atoms with van der Waals surface area (Å²) in [6.07, 6.45) is 1.29. The third kappa shape index (κ3) is 7.48. The molecule has 0 heterocycles. The lowest BCUT2D eigenvalue weighted by atomic mass is 10.0. The molecule has 0 radical (unpaired) electrons. The van der Waals surface area contributed by atoms with Gasteiger partial charge in [0.1, 0.15) is 24.1 Å². The second-order valence-electron chi connectivity index (χ2n) is 8.66. The molecule has 3 aromatic carbocycles. The van der Waals surface area contributed by atoms with E-state index in [4.69, 9.17) is 9.47 Å². The van der Waals surface area contributed by atoms with Crippen molar-refractivity contribution in [3.63, 3.8) is 0 Å². The Kier molecular flexibility index (Phi) is 9.72. The van der Waals surface area contributed by atoms with Crippen LogP contribution in [0.25, 0.3) is 0 Å². The highest BCUT2D eigenvalue weighted by molar-refractivity contribution is 7.92. The zero-order valence-electron chi connectivity index (χ0n) is 22.0. The minimum absolute atomic E-state index is 0.0706. The van der Waals surface area contributed by atoms with Crippen LogP contribution in [0, 0.1) is 0 Å². The fourth-order valence-electron chi connectivity index (χ4n) is 4.05. The van der Waals surface area contributed by atoms with Gasteiger partial charge in [0.25, 0.3) is 0 Å². The van der Waals surface area contributed by atoms with Gasteiger partial charge < -0.3 is 19.7 Å². The van der Waals surface area contributed by atoms with Crippen LogP contribution in [0.4, 0.5) is 5.69 Å². The number of rotatable bonds is 12. The van der Waals surface area contributed by atoms with E-state index in [1.54, 1.807) is 49.6 Å². The van der Waals surface area contributed by atoms with Crippen molar-refractivity contribution in [2.24, 2.45) is 0 Å². The highest BCUT2D eigenvalue weighted by Crippen LogP contribution is 2.23. The number of methoxy groups -OCH3 is 2. The van der Waals surface area contributed by atoms with Crippen molar-refractivity contribution >= 4 is 27.5 Å². The Morgan fingerprint density at radius 2 is 1.50 bits per heavy atom.